The van der Waals surface area contributed by atoms with Crippen molar-refractivity contribution in [1.29, 1.82) is 0 Å². The van der Waals surface area contributed by atoms with Gasteiger partial charge >= 0.3 is 0 Å². The Morgan fingerprint density at radius 3 is 3.00 bits per heavy atom. The minimum absolute atomic E-state index is 0.473. The van der Waals surface area contributed by atoms with E-state index in [1.807, 2.05) is 37.4 Å². The lowest BCUT2D eigenvalue weighted by atomic mass is 10.1. The summed E-state index contributed by atoms with van der Waals surface area (Å²) < 4.78 is 0. The van der Waals surface area contributed by atoms with Crippen molar-refractivity contribution in [3.8, 4) is 11.8 Å². The van der Waals surface area contributed by atoms with Gasteiger partial charge in [0.15, 0.2) is 0 Å². The first-order valence-electron chi connectivity index (χ1n) is 5.50. The van der Waals surface area contributed by atoms with E-state index in [0.717, 1.165) is 29.4 Å². The van der Waals surface area contributed by atoms with E-state index < -0.39 is 0 Å². The summed E-state index contributed by atoms with van der Waals surface area (Å²) in [4.78, 5) is 4.32. The Labute approximate surface area is 106 Å². The monoisotopic (exact) mass is 244 g/mol. The summed E-state index contributed by atoms with van der Waals surface area (Å²) >= 11 is 6.09. The van der Waals surface area contributed by atoms with Crippen LogP contribution in [-0.4, -0.2) is 18.6 Å². The van der Waals surface area contributed by atoms with Crippen LogP contribution in [0.5, 0.6) is 0 Å². The van der Waals surface area contributed by atoms with Crippen LogP contribution in [0.4, 0.5) is 0 Å². The van der Waals surface area contributed by atoms with Crippen LogP contribution < -0.4 is 5.32 Å². The molecule has 2 aromatic rings. The van der Waals surface area contributed by atoms with Crippen molar-refractivity contribution in [2.75, 3.05) is 13.6 Å². The zero-order valence-corrected chi connectivity index (χ0v) is 10.4. The molecular formula is C14H13ClN2. The van der Waals surface area contributed by atoms with E-state index in [1.54, 1.807) is 0 Å². The minimum Gasteiger partial charge on any atom is -0.319 e. The van der Waals surface area contributed by atoms with E-state index in [9.17, 15) is 0 Å². The maximum Gasteiger partial charge on any atom is 0.145 e. The first kappa shape index (κ1) is 11.9. The predicted molar refractivity (Wildman–Crippen MR) is 72.2 cm³/mol. The summed E-state index contributed by atoms with van der Waals surface area (Å²) in [5.74, 6) is 6.13. The van der Waals surface area contributed by atoms with Gasteiger partial charge in [-0.25, -0.2) is 4.98 Å². The highest BCUT2D eigenvalue weighted by Crippen LogP contribution is 2.19. The van der Waals surface area contributed by atoms with Crippen LogP contribution in [0, 0.1) is 11.8 Å². The molecule has 0 aliphatic carbocycles. The number of para-hydroxylation sites is 1. The summed E-state index contributed by atoms with van der Waals surface area (Å²) in [5, 5.41) is 4.58. The molecule has 0 unspecified atom stereocenters. The molecule has 1 N–H and O–H groups in total. The molecule has 0 fully saturated rings. The van der Waals surface area contributed by atoms with Gasteiger partial charge in [0, 0.05) is 18.4 Å². The fourth-order valence-electron chi connectivity index (χ4n) is 1.53. The van der Waals surface area contributed by atoms with Crippen LogP contribution in [0.2, 0.25) is 5.15 Å². The predicted octanol–water partition coefficient (Wildman–Crippen LogP) is 2.85. The fourth-order valence-corrected chi connectivity index (χ4v) is 1.72. The maximum absolute atomic E-state index is 6.09. The molecular weight excluding hydrogens is 232 g/mol. The van der Waals surface area contributed by atoms with Gasteiger partial charge < -0.3 is 5.32 Å². The van der Waals surface area contributed by atoms with Crippen LogP contribution in [-0.2, 0) is 0 Å². The third-order valence-corrected chi connectivity index (χ3v) is 2.69. The number of nitrogens with one attached hydrogen (secondary N) is 1. The van der Waals surface area contributed by atoms with Crippen LogP contribution >= 0.6 is 11.6 Å². The van der Waals surface area contributed by atoms with Crippen molar-refractivity contribution in [3.05, 3.63) is 41.0 Å². The van der Waals surface area contributed by atoms with E-state index in [2.05, 4.69) is 22.1 Å². The van der Waals surface area contributed by atoms with Crippen molar-refractivity contribution >= 4 is 22.5 Å². The zero-order valence-electron chi connectivity index (χ0n) is 9.63. The second-order valence-electron chi connectivity index (χ2n) is 3.67. The van der Waals surface area contributed by atoms with Crippen LogP contribution in [0.1, 0.15) is 12.0 Å². The second-order valence-corrected chi connectivity index (χ2v) is 4.03. The normalized spacial score (nSPS) is 10.0. The van der Waals surface area contributed by atoms with E-state index >= 15 is 0 Å². The minimum atomic E-state index is 0.473. The molecule has 2 nitrogen and oxygen atoms in total. The first-order valence-corrected chi connectivity index (χ1v) is 5.88. The molecule has 0 aliphatic heterocycles. The third-order valence-electron chi connectivity index (χ3n) is 2.40. The number of nitrogens with zero attached hydrogens (tertiary/aromatic N) is 1. The second kappa shape index (κ2) is 5.67. The molecule has 0 spiro atoms. The molecule has 0 radical (unpaired) electrons. The Morgan fingerprint density at radius 2 is 2.18 bits per heavy atom. The van der Waals surface area contributed by atoms with Gasteiger partial charge in [-0.15, -0.1) is 0 Å². The van der Waals surface area contributed by atoms with Crippen molar-refractivity contribution < 1.29 is 0 Å². The molecule has 0 saturated heterocycles. The molecule has 0 bridgehead atoms. The number of hydrogen-bond donors (Lipinski definition) is 1. The molecule has 86 valence electrons. The molecule has 1 aromatic carbocycles. The zero-order chi connectivity index (χ0) is 12.1. The number of aromatic nitrogens is 1. The fraction of sp³-hybridized carbons (Fsp3) is 0.214. The van der Waals surface area contributed by atoms with Gasteiger partial charge in [-0.1, -0.05) is 41.6 Å². The molecule has 1 heterocycles. The molecule has 0 atom stereocenters. The molecule has 1 aromatic heterocycles. The van der Waals surface area contributed by atoms with Gasteiger partial charge in [-0.3, -0.25) is 0 Å². The average molecular weight is 245 g/mol. The highest BCUT2D eigenvalue weighted by Gasteiger charge is 2.01. The summed E-state index contributed by atoms with van der Waals surface area (Å²) in [6, 6.07) is 9.87. The topological polar surface area (TPSA) is 24.9 Å². The van der Waals surface area contributed by atoms with Gasteiger partial charge in [0.2, 0.25) is 0 Å². The summed E-state index contributed by atoms with van der Waals surface area (Å²) in [6.45, 7) is 0.881. The highest BCUT2D eigenvalue weighted by molar-refractivity contribution is 6.31. The van der Waals surface area contributed by atoms with E-state index in [4.69, 9.17) is 11.6 Å². The van der Waals surface area contributed by atoms with Gasteiger partial charge in [0.05, 0.1) is 11.1 Å². The summed E-state index contributed by atoms with van der Waals surface area (Å²) in [5.41, 5.74) is 1.69. The Balaban J connectivity index is 2.33. The van der Waals surface area contributed by atoms with Crippen LogP contribution in [0.3, 0.4) is 0 Å². The Kier molecular flexibility index (Phi) is 3.98. The van der Waals surface area contributed by atoms with E-state index in [1.165, 1.54) is 0 Å². The maximum atomic E-state index is 6.09. The van der Waals surface area contributed by atoms with E-state index in [-0.39, 0.29) is 0 Å². The average Bonchev–Trinajstić information content (AvgIpc) is 2.35. The lowest BCUT2D eigenvalue weighted by Gasteiger charge is -1.99. The number of rotatable bonds is 2. The smallest absolute Gasteiger partial charge is 0.145 e. The van der Waals surface area contributed by atoms with Crippen molar-refractivity contribution in [3.63, 3.8) is 0 Å². The number of pyridine rings is 1. The van der Waals surface area contributed by atoms with Crippen molar-refractivity contribution in [2.24, 2.45) is 0 Å². The number of hydrogen-bond acceptors (Lipinski definition) is 2. The lowest BCUT2D eigenvalue weighted by Crippen LogP contribution is -2.05. The number of benzene rings is 1. The summed E-state index contributed by atoms with van der Waals surface area (Å²) in [6.07, 6.45) is 0.805. The van der Waals surface area contributed by atoms with Gasteiger partial charge in [0.25, 0.3) is 0 Å². The Bertz CT molecular complexity index is 582. The molecule has 0 amide bonds. The molecule has 0 saturated carbocycles. The van der Waals surface area contributed by atoms with Crippen LogP contribution in [0.25, 0.3) is 10.9 Å². The highest BCUT2D eigenvalue weighted by atomic mass is 35.5. The van der Waals surface area contributed by atoms with Gasteiger partial charge in [-0.2, -0.15) is 0 Å². The van der Waals surface area contributed by atoms with Crippen molar-refractivity contribution in [2.45, 2.75) is 6.42 Å². The molecule has 3 heteroatoms. The Morgan fingerprint density at radius 1 is 1.35 bits per heavy atom. The Hall–Kier alpha value is -1.56. The molecule has 17 heavy (non-hydrogen) atoms. The molecule has 0 aliphatic rings. The first-order chi connectivity index (χ1) is 8.31. The number of fused-ring (bicyclic) bond motifs is 1. The quantitative estimate of drug-likeness (QED) is 0.499. The van der Waals surface area contributed by atoms with E-state index in [0.29, 0.717) is 5.15 Å². The van der Waals surface area contributed by atoms with Crippen molar-refractivity contribution in [1.82, 2.24) is 10.3 Å². The summed E-state index contributed by atoms with van der Waals surface area (Å²) in [7, 11) is 1.91. The SMILES string of the molecule is CNCCC#Cc1cc2ccccc2nc1Cl. The molecule has 2 rings (SSSR count). The van der Waals surface area contributed by atoms with Gasteiger partial charge in [-0.05, 0) is 19.2 Å². The van der Waals surface area contributed by atoms with Gasteiger partial charge in [0.1, 0.15) is 5.15 Å². The number of halogens is 1. The standard InChI is InChI=1S/C14H13ClN2/c1-16-9-5-4-7-12-10-11-6-2-3-8-13(11)17-14(12)15/h2-3,6,8,10,16H,5,9H2,1H3. The largest absolute Gasteiger partial charge is 0.319 e. The third kappa shape index (κ3) is 2.97. The lowest BCUT2D eigenvalue weighted by molar-refractivity contribution is 0.818. The van der Waals surface area contributed by atoms with Crippen LogP contribution in [0.15, 0.2) is 30.3 Å².